The Labute approximate surface area is 134 Å². The van der Waals surface area contributed by atoms with Crippen LogP contribution in [-0.2, 0) is 4.79 Å². The topological polar surface area (TPSA) is 50.4 Å². The van der Waals surface area contributed by atoms with Gasteiger partial charge in [0.2, 0.25) is 5.91 Å². The molecular formula is C16H27ClN2O2. The Bertz CT molecular complexity index is 409. The molecule has 1 aromatic rings. The third-order valence-corrected chi connectivity index (χ3v) is 3.33. The van der Waals surface area contributed by atoms with Crippen LogP contribution in [0.4, 0.5) is 0 Å². The molecule has 0 radical (unpaired) electrons. The number of ether oxygens (including phenoxy) is 1. The molecule has 2 N–H and O–H groups in total. The molecule has 0 aliphatic carbocycles. The molecule has 0 aromatic heterocycles. The number of hydrogen-bond donors (Lipinski definition) is 2. The number of halogens is 1. The molecule has 0 saturated heterocycles. The van der Waals surface area contributed by atoms with E-state index in [-0.39, 0.29) is 24.2 Å². The number of likely N-dealkylation sites (N-methyl/N-ethyl adjacent to an activating group) is 1. The summed E-state index contributed by atoms with van der Waals surface area (Å²) >= 11 is 0. The SMILES string of the molecule is CCN[C@H](C)CNC(=O)CC(C)c1ccc(OC)cc1.Cl. The predicted molar refractivity (Wildman–Crippen MR) is 89.4 cm³/mol. The van der Waals surface area contributed by atoms with E-state index in [1.807, 2.05) is 24.3 Å². The minimum atomic E-state index is 0. The van der Waals surface area contributed by atoms with Crippen molar-refractivity contribution in [1.29, 1.82) is 0 Å². The van der Waals surface area contributed by atoms with Crippen LogP contribution in [0.1, 0.15) is 38.7 Å². The molecule has 2 atom stereocenters. The number of carbonyl (C=O) groups is 1. The summed E-state index contributed by atoms with van der Waals surface area (Å²) < 4.78 is 5.13. The molecule has 0 saturated carbocycles. The van der Waals surface area contributed by atoms with E-state index in [4.69, 9.17) is 4.74 Å². The van der Waals surface area contributed by atoms with Crippen molar-refractivity contribution in [1.82, 2.24) is 10.6 Å². The predicted octanol–water partition coefficient (Wildman–Crippen LogP) is 2.72. The average Bonchev–Trinajstić information content (AvgIpc) is 2.45. The minimum Gasteiger partial charge on any atom is -0.497 e. The zero-order valence-electron chi connectivity index (χ0n) is 13.3. The highest BCUT2D eigenvalue weighted by molar-refractivity contribution is 5.85. The molecule has 0 fully saturated rings. The zero-order chi connectivity index (χ0) is 15.0. The molecule has 1 aromatic carbocycles. The van der Waals surface area contributed by atoms with Gasteiger partial charge in [-0.1, -0.05) is 26.0 Å². The summed E-state index contributed by atoms with van der Waals surface area (Å²) in [5.41, 5.74) is 1.15. The van der Waals surface area contributed by atoms with Crippen LogP contribution in [0, 0.1) is 0 Å². The third-order valence-electron chi connectivity index (χ3n) is 3.33. The summed E-state index contributed by atoms with van der Waals surface area (Å²) in [6.45, 7) is 7.77. The lowest BCUT2D eigenvalue weighted by atomic mass is 9.97. The molecule has 4 nitrogen and oxygen atoms in total. The summed E-state index contributed by atoms with van der Waals surface area (Å²) in [5.74, 6) is 1.14. The Hall–Kier alpha value is -1.26. The van der Waals surface area contributed by atoms with Crippen molar-refractivity contribution in [2.75, 3.05) is 20.2 Å². The van der Waals surface area contributed by atoms with Crippen LogP contribution in [0.15, 0.2) is 24.3 Å². The molecule has 0 aliphatic heterocycles. The number of hydrogen-bond acceptors (Lipinski definition) is 3. The second-order valence-corrected chi connectivity index (χ2v) is 5.14. The summed E-state index contributed by atoms with van der Waals surface area (Å²) in [4.78, 5) is 11.9. The van der Waals surface area contributed by atoms with E-state index in [9.17, 15) is 4.79 Å². The van der Waals surface area contributed by atoms with Crippen molar-refractivity contribution in [3.05, 3.63) is 29.8 Å². The van der Waals surface area contributed by atoms with Gasteiger partial charge in [0.05, 0.1) is 7.11 Å². The number of nitrogens with one attached hydrogen (secondary N) is 2. The summed E-state index contributed by atoms with van der Waals surface area (Å²) in [6.07, 6.45) is 0.505. The lowest BCUT2D eigenvalue weighted by molar-refractivity contribution is -0.121. The van der Waals surface area contributed by atoms with Gasteiger partial charge in [0, 0.05) is 19.0 Å². The fourth-order valence-electron chi connectivity index (χ4n) is 2.09. The van der Waals surface area contributed by atoms with Gasteiger partial charge >= 0.3 is 0 Å². The van der Waals surface area contributed by atoms with Crippen molar-refractivity contribution < 1.29 is 9.53 Å². The van der Waals surface area contributed by atoms with Gasteiger partial charge in [0.25, 0.3) is 0 Å². The summed E-state index contributed by atoms with van der Waals surface area (Å²) in [7, 11) is 1.65. The molecule has 0 spiro atoms. The number of methoxy groups -OCH3 is 1. The Morgan fingerprint density at radius 1 is 1.24 bits per heavy atom. The Kier molecular flexibility index (Phi) is 9.84. The van der Waals surface area contributed by atoms with Crippen molar-refractivity contribution in [3.63, 3.8) is 0 Å². The van der Waals surface area contributed by atoms with Gasteiger partial charge in [0.15, 0.2) is 0 Å². The van der Waals surface area contributed by atoms with Crippen LogP contribution < -0.4 is 15.4 Å². The zero-order valence-corrected chi connectivity index (χ0v) is 14.1. The van der Waals surface area contributed by atoms with E-state index in [0.29, 0.717) is 19.0 Å². The van der Waals surface area contributed by atoms with Crippen LogP contribution in [0.25, 0.3) is 0 Å². The summed E-state index contributed by atoms with van der Waals surface area (Å²) in [5, 5.41) is 6.23. The largest absolute Gasteiger partial charge is 0.497 e. The molecule has 0 bridgehead atoms. The smallest absolute Gasteiger partial charge is 0.220 e. The molecule has 0 heterocycles. The van der Waals surface area contributed by atoms with Gasteiger partial charge in [-0.25, -0.2) is 0 Å². The second kappa shape index (κ2) is 10.5. The van der Waals surface area contributed by atoms with Gasteiger partial charge in [0.1, 0.15) is 5.75 Å². The normalized spacial score (nSPS) is 13.0. The number of amides is 1. The number of carbonyl (C=O) groups excluding carboxylic acids is 1. The Morgan fingerprint density at radius 2 is 1.86 bits per heavy atom. The fourth-order valence-corrected chi connectivity index (χ4v) is 2.09. The molecule has 1 unspecified atom stereocenters. The fraction of sp³-hybridized carbons (Fsp3) is 0.562. The minimum absolute atomic E-state index is 0. The Morgan fingerprint density at radius 3 is 2.38 bits per heavy atom. The molecule has 21 heavy (non-hydrogen) atoms. The van der Waals surface area contributed by atoms with Gasteiger partial charge < -0.3 is 15.4 Å². The maximum absolute atomic E-state index is 11.9. The first-order valence-corrected chi connectivity index (χ1v) is 7.20. The highest BCUT2D eigenvalue weighted by Crippen LogP contribution is 2.21. The van der Waals surface area contributed by atoms with Crippen LogP contribution in [-0.4, -0.2) is 32.1 Å². The van der Waals surface area contributed by atoms with Crippen LogP contribution in [0.3, 0.4) is 0 Å². The molecule has 5 heteroatoms. The molecule has 120 valence electrons. The number of benzene rings is 1. The van der Waals surface area contributed by atoms with Crippen LogP contribution in [0.2, 0.25) is 0 Å². The van der Waals surface area contributed by atoms with Gasteiger partial charge in [-0.15, -0.1) is 12.4 Å². The maximum atomic E-state index is 11.9. The van der Waals surface area contributed by atoms with Crippen LogP contribution >= 0.6 is 12.4 Å². The van der Waals surface area contributed by atoms with Crippen molar-refractivity contribution >= 4 is 18.3 Å². The monoisotopic (exact) mass is 314 g/mol. The number of rotatable bonds is 8. The van der Waals surface area contributed by atoms with Gasteiger partial charge in [-0.3, -0.25) is 4.79 Å². The van der Waals surface area contributed by atoms with Crippen molar-refractivity contribution in [2.24, 2.45) is 0 Å². The molecule has 1 rings (SSSR count). The van der Waals surface area contributed by atoms with E-state index >= 15 is 0 Å². The highest BCUT2D eigenvalue weighted by Gasteiger charge is 2.12. The maximum Gasteiger partial charge on any atom is 0.220 e. The molecular weight excluding hydrogens is 288 g/mol. The molecule has 1 amide bonds. The molecule has 0 aliphatic rings. The average molecular weight is 315 g/mol. The highest BCUT2D eigenvalue weighted by atomic mass is 35.5. The van der Waals surface area contributed by atoms with Gasteiger partial charge in [-0.05, 0) is 37.1 Å². The first-order chi connectivity index (χ1) is 9.56. The van der Waals surface area contributed by atoms with E-state index in [2.05, 4.69) is 31.4 Å². The van der Waals surface area contributed by atoms with E-state index < -0.39 is 0 Å². The lowest BCUT2D eigenvalue weighted by Crippen LogP contribution is -2.39. The second-order valence-electron chi connectivity index (χ2n) is 5.14. The van der Waals surface area contributed by atoms with Crippen molar-refractivity contribution in [3.8, 4) is 5.75 Å². The lowest BCUT2D eigenvalue weighted by Gasteiger charge is -2.15. The van der Waals surface area contributed by atoms with E-state index in [1.165, 1.54) is 0 Å². The first kappa shape index (κ1) is 19.7. The third kappa shape index (κ3) is 7.34. The van der Waals surface area contributed by atoms with Crippen LogP contribution in [0.5, 0.6) is 5.75 Å². The van der Waals surface area contributed by atoms with Crippen molar-refractivity contribution in [2.45, 2.75) is 39.2 Å². The summed E-state index contributed by atoms with van der Waals surface area (Å²) in [6, 6.07) is 8.18. The Balaban J connectivity index is 0.00000400. The first-order valence-electron chi connectivity index (χ1n) is 7.20. The quantitative estimate of drug-likeness (QED) is 0.775. The van der Waals surface area contributed by atoms with Gasteiger partial charge in [-0.2, -0.15) is 0 Å². The standard InChI is InChI=1S/C16H26N2O2.ClH/c1-5-17-13(3)11-18-16(19)10-12(2)14-6-8-15(20-4)9-7-14;/h6-9,12-13,17H,5,10-11H2,1-4H3,(H,18,19);1H/t12?,13-;/m1./s1. The van der Waals surface area contributed by atoms with E-state index in [1.54, 1.807) is 7.11 Å². The van der Waals surface area contributed by atoms with E-state index in [0.717, 1.165) is 17.9 Å².